The summed E-state index contributed by atoms with van der Waals surface area (Å²) in [6, 6.07) is 7.35. The lowest BCUT2D eigenvalue weighted by Gasteiger charge is -2.25. The first-order valence-electron chi connectivity index (χ1n) is 7.67. The number of amides is 1. The Kier molecular flexibility index (Phi) is 6.34. The first-order chi connectivity index (χ1) is 10.3. The summed E-state index contributed by atoms with van der Waals surface area (Å²) in [7, 11) is 0. The number of rotatable bonds is 6. The quantitative estimate of drug-likeness (QED) is 0.875. The van der Waals surface area contributed by atoms with Crippen molar-refractivity contribution in [3.63, 3.8) is 0 Å². The molecule has 0 atom stereocenters. The van der Waals surface area contributed by atoms with Gasteiger partial charge in [-0.3, -0.25) is 10.2 Å². The number of hydrogen-bond acceptors (Lipinski definition) is 4. The van der Waals surface area contributed by atoms with Crippen molar-refractivity contribution in [3.8, 4) is 5.75 Å². The minimum absolute atomic E-state index is 0.419. The zero-order valence-corrected chi connectivity index (χ0v) is 12.6. The number of carbonyl (C=O) groups is 1. The Morgan fingerprint density at radius 3 is 2.76 bits per heavy atom. The third kappa shape index (κ3) is 5.27. The number of piperidine rings is 1. The van der Waals surface area contributed by atoms with Crippen molar-refractivity contribution in [1.82, 2.24) is 4.90 Å². The van der Waals surface area contributed by atoms with E-state index in [1.807, 2.05) is 25.1 Å². The molecule has 1 aliphatic rings. The molecule has 0 unspecified atom stereocenters. The Bertz CT molecular complexity index is 445. The number of nitrogens with zero attached hydrogens (tertiary/aromatic N) is 1. The van der Waals surface area contributed by atoms with E-state index >= 15 is 0 Å². The molecule has 0 spiro atoms. The molecule has 1 amide bonds. The molecule has 1 saturated heterocycles. The summed E-state index contributed by atoms with van der Waals surface area (Å²) >= 11 is 0. The lowest BCUT2D eigenvalue weighted by molar-refractivity contribution is 0.131. The van der Waals surface area contributed by atoms with Gasteiger partial charge in [0.25, 0.3) is 0 Å². The summed E-state index contributed by atoms with van der Waals surface area (Å²) in [6.45, 7) is 5.91. The van der Waals surface area contributed by atoms with Crippen molar-refractivity contribution in [1.29, 1.82) is 0 Å². The summed E-state index contributed by atoms with van der Waals surface area (Å²) in [5, 5.41) is 2.73. The van der Waals surface area contributed by atoms with Crippen LogP contribution in [0.1, 0.15) is 26.2 Å². The Hall–Kier alpha value is -1.75. The van der Waals surface area contributed by atoms with Crippen LogP contribution in [0.3, 0.4) is 0 Å². The fourth-order valence-electron chi connectivity index (χ4n) is 2.45. The number of carbonyl (C=O) groups excluding carboxylic acids is 1. The highest BCUT2D eigenvalue weighted by molar-refractivity contribution is 5.86. The van der Waals surface area contributed by atoms with Gasteiger partial charge in [-0.25, -0.2) is 4.79 Å². The van der Waals surface area contributed by atoms with E-state index < -0.39 is 6.09 Å². The van der Waals surface area contributed by atoms with Crippen LogP contribution in [0.5, 0.6) is 5.75 Å². The van der Waals surface area contributed by atoms with Crippen LogP contribution in [-0.4, -0.2) is 43.8 Å². The summed E-state index contributed by atoms with van der Waals surface area (Å²) in [6.07, 6.45) is 3.37. The van der Waals surface area contributed by atoms with Gasteiger partial charge in [0.2, 0.25) is 0 Å². The van der Waals surface area contributed by atoms with Gasteiger partial charge in [0.05, 0.1) is 12.3 Å². The third-order valence-corrected chi connectivity index (χ3v) is 3.51. The van der Waals surface area contributed by atoms with E-state index in [1.165, 1.54) is 19.3 Å². The molecule has 21 heavy (non-hydrogen) atoms. The average Bonchev–Trinajstić information content (AvgIpc) is 2.50. The molecule has 116 valence electrons. The fourth-order valence-corrected chi connectivity index (χ4v) is 2.45. The van der Waals surface area contributed by atoms with Gasteiger partial charge in [-0.05, 0) is 45.0 Å². The van der Waals surface area contributed by atoms with Crippen LogP contribution < -0.4 is 10.1 Å². The second kappa shape index (κ2) is 8.52. The van der Waals surface area contributed by atoms with Crippen LogP contribution in [0.4, 0.5) is 10.5 Å². The molecule has 0 radical (unpaired) electrons. The van der Waals surface area contributed by atoms with Crippen LogP contribution >= 0.6 is 0 Å². The van der Waals surface area contributed by atoms with Gasteiger partial charge in [-0.1, -0.05) is 18.6 Å². The number of likely N-dealkylation sites (tertiary alicyclic amines) is 1. The highest BCUT2D eigenvalue weighted by atomic mass is 16.5. The van der Waals surface area contributed by atoms with Crippen LogP contribution in [0, 0.1) is 0 Å². The zero-order chi connectivity index (χ0) is 14.9. The van der Waals surface area contributed by atoms with Gasteiger partial charge >= 0.3 is 6.09 Å². The normalized spacial score (nSPS) is 15.5. The molecule has 1 N–H and O–H groups in total. The molecular formula is C16H24N2O3. The molecule has 1 aromatic carbocycles. The summed E-state index contributed by atoms with van der Waals surface area (Å²) in [4.78, 5) is 14.1. The second-order valence-corrected chi connectivity index (χ2v) is 5.09. The predicted molar refractivity (Wildman–Crippen MR) is 82.9 cm³/mol. The number of para-hydroxylation sites is 2. The Morgan fingerprint density at radius 1 is 1.24 bits per heavy atom. The van der Waals surface area contributed by atoms with Gasteiger partial charge in [0, 0.05) is 6.54 Å². The van der Waals surface area contributed by atoms with E-state index in [4.69, 9.17) is 9.47 Å². The average molecular weight is 292 g/mol. The van der Waals surface area contributed by atoms with E-state index in [0.29, 0.717) is 24.7 Å². The fraction of sp³-hybridized carbons (Fsp3) is 0.562. The molecule has 0 bridgehead atoms. The molecule has 2 rings (SSSR count). The van der Waals surface area contributed by atoms with Crippen LogP contribution in [0.2, 0.25) is 0 Å². The van der Waals surface area contributed by atoms with Crippen LogP contribution in [0.25, 0.3) is 0 Å². The van der Waals surface area contributed by atoms with Crippen molar-refractivity contribution in [2.45, 2.75) is 26.2 Å². The van der Waals surface area contributed by atoms with E-state index in [2.05, 4.69) is 10.2 Å². The van der Waals surface area contributed by atoms with E-state index in [9.17, 15) is 4.79 Å². The first-order valence-corrected chi connectivity index (χ1v) is 7.67. The van der Waals surface area contributed by atoms with Gasteiger partial charge < -0.3 is 9.47 Å². The molecule has 0 aliphatic carbocycles. The van der Waals surface area contributed by atoms with Gasteiger partial charge in [-0.2, -0.15) is 0 Å². The molecule has 1 heterocycles. The molecule has 0 aromatic heterocycles. The molecule has 5 heteroatoms. The topological polar surface area (TPSA) is 50.8 Å². The molecule has 1 fully saturated rings. The lowest BCUT2D eigenvalue weighted by Crippen LogP contribution is -2.33. The third-order valence-electron chi connectivity index (χ3n) is 3.51. The summed E-state index contributed by atoms with van der Waals surface area (Å²) in [5.74, 6) is 0.660. The Labute approximate surface area is 126 Å². The van der Waals surface area contributed by atoms with E-state index in [-0.39, 0.29) is 0 Å². The van der Waals surface area contributed by atoms with Crippen molar-refractivity contribution >= 4 is 11.8 Å². The monoisotopic (exact) mass is 292 g/mol. The lowest BCUT2D eigenvalue weighted by atomic mass is 10.1. The van der Waals surface area contributed by atoms with E-state index in [1.54, 1.807) is 6.07 Å². The highest BCUT2D eigenvalue weighted by Crippen LogP contribution is 2.23. The second-order valence-electron chi connectivity index (χ2n) is 5.09. The van der Waals surface area contributed by atoms with Gasteiger partial charge in [0.15, 0.2) is 0 Å². The molecule has 5 nitrogen and oxygen atoms in total. The number of ether oxygens (including phenoxy) is 2. The SMILES string of the molecule is CCOc1ccccc1NC(=O)OCCN1CCCCC1. The largest absolute Gasteiger partial charge is 0.492 e. The number of benzene rings is 1. The molecule has 0 saturated carbocycles. The Balaban J connectivity index is 1.73. The minimum Gasteiger partial charge on any atom is -0.492 e. The maximum Gasteiger partial charge on any atom is 0.411 e. The highest BCUT2D eigenvalue weighted by Gasteiger charge is 2.11. The molecule has 1 aromatic rings. The standard InChI is InChI=1S/C16H24N2O3/c1-2-20-15-9-5-4-8-14(15)17-16(19)21-13-12-18-10-6-3-7-11-18/h4-5,8-9H,2-3,6-7,10-13H2,1H3,(H,17,19). The maximum absolute atomic E-state index is 11.8. The maximum atomic E-state index is 11.8. The Morgan fingerprint density at radius 2 is 2.00 bits per heavy atom. The van der Waals surface area contributed by atoms with Gasteiger partial charge in [0.1, 0.15) is 12.4 Å². The number of nitrogens with one attached hydrogen (secondary N) is 1. The van der Waals surface area contributed by atoms with Gasteiger partial charge in [-0.15, -0.1) is 0 Å². The molecular weight excluding hydrogens is 268 g/mol. The van der Waals surface area contributed by atoms with Crippen molar-refractivity contribution in [3.05, 3.63) is 24.3 Å². The zero-order valence-electron chi connectivity index (χ0n) is 12.6. The van der Waals surface area contributed by atoms with Crippen molar-refractivity contribution in [2.24, 2.45) is 0 Å². The summed E-state index contributed by atoms with van der Waals surface area (Å²) in [5.41, 5.74) is 0.641. The predicted octanol–water partition coefficient (Wildman–Crippen LogP) is 3.12. The van der Waals surface area contributed by atoms with Crippen LogP contribution in [-0.2, 0) is 4.74 Å². The smallest absolute Gasteiger partial charge is 0.411 e. The first kappa shape index (κ1) is 15.6. The van der Waals surface area contributed by atoms with E-state index in [0.717, 1.165) is 19.6 Å². The van der Waals surface area contributed by atoms with Crippen LogP contribution in [0.15, 0.2) is 24.3 Å². The summed E-state index contributed by atoms with van der Waals surface area (Å²) < 4.78 is 10.7. The van der Waals surface area contributed by atoms with Crippen molar-refractivity contribution in [2.75, 3.05) is 38.2 Å². The number of anilines is 1. The molecule has 1 aliphatic heterocycles. The number of hydrogen-bond donors (Lipinski definition) is 1. The van der Waals surface area contributed by atoms with Crippen molar-refractivity contribution < 1.29 is 14.3 Å². The minimum atomic E-state index is -0.431.